The molecule has 2 saturated heterocycles. The summed E-state index contributed by atoms with van der Waals surface area (Å²) in [5.41, 5.74) is 0. The van der Waals surface area contributed by atoms with Gasteiger partial charge in [0.25, 0.3) is 0 Å². The molecule has 2 unspecified atom stereocenters. The third-order valence-electron chi connectivity index (χ3n) is 3.07. The predicted octanol–water partition coefficient (Wildman–Crippen LogP) is 1.21. The minimum absolute atomic E-state index is 0.708. The lowest BCUT2D eigenvalue weighted by Crippen LogP contribution is -2.45. The summed E-state index contributed by atoms with van der Waals surface area (Å²) in [5.74, 6) is 1.29. The molecular formula is C9H14N2S2. The topological polar surface area (TPSA) is 15.3 Å². The zero-order valence-electron chi connectivity index (χ0n) is 7.53. The Morgan fingerprint density at radius 3 is 2.85 bits per heavy atom. The molecule has 1 aliphatic carbocycles. The summed E-state index contributed by atoms with van der Waals surface area (Å²) in [6.07, 6.45) is 3.99. The highest BCUT2D eigenvalue weighted by Gasteiger charge is 2.40. The maximum Gasteiger partial charge on any atom is 0.169 e. The zero-order chi connectivity index (χ0) is 8.84. The smallest absolute Gasteiger partial charge is 0.169 e. The number of thioether (sulfide) groups is 1. The molecule has 0 aromatic carbocycles. The van der Waals surface area contributed by atoms with Gasteiger partial charge in [0.1, 0.15) is 0 Å². The molecule has 0 amide bonds. The van der Waals surface area contributed by atoms with Crippen molar-refractivity contribution in [2.75, 3.05) is 12.3 Å². The lowest BCUT2D eigenvalue weighted by atomic mass is 10.2. The summed E-state index contributed by atoms with van der Waals surface area (Å²) < 4.78 is 0. The minimum Gasteiger partial charge on any atom is -0.360 e. The van der Waals surface area contributed by atoms with E-state index in [0.717, 1.165) is 16.4 Å². The standard InChI is InChI=1S/C9H14N2S2/c12-9(10-6-1-2-6)11-4-8-3-7(11)5-13-8/h6-8H,1-5H2,(H,10,12). The lowest BCUT2D eigenvalue weighted by Gasteiger charge is -2.29. The Morgan fingerprint density at radius 2 is 2.31 bits per heavy atom. The molecule has 2 aliphatic heterocycles. The van der Waals surface area contributed by atoms with Crippen molar-refractivity contribution in [3.8, 4) is 0 Å². The van der Waals surface area contributed by atoms with Crippen LogP contribution in [-0.2, 0) is 0 Å². The molecule has 0 radical (unpaired) electrons. The Labute approximate surface area is 88.4 Å². The minimum atomic E-state index is 0.708. The van der Waals surface area contributed by atoms with Gasteiger partial charge in [-0.05, 0) is 31.5 Å². The number of nitrogens with zero attached hydrogens (tertiary/aromatic N) is 1. The van der Waals surface area contributed by atoms with Gasteiger partial charge in [-0.3, -0.25) is 0 Å². The zero-order valence-corrected chi connectivity index (χ0v) is 9.16. The van der Waals surface area contributed by atoms with E-state index in [-0.39, 0.29) is 0 Å². The highest BCUT2D eigenvalue weighted by Crippen LogP contribution is 2.37. The summed E-state index contributed by atoms with van der Waals surface area (Å²) in [5, 5.41) is 5.32. The Kier molecular flexibility index (Phi) is 1.94. The summed E-state index contributed by atoms with van der Waals surface area (Å²) in [6, 6.07) is 1.45. The maximum absolute atomic E-state index is 5.40. The van der Waals surface area contributed by atoms with Gasteiger partial charge in [-0.25, -0.2) is 0 Å². The number of fused-ring (bicyclic) bond motifs is 2. The van der Waals surface area contributed by atoms with Crippen molar-refractivity contribution in [2.45, 2.75) is 36.6 Å². The van der Waals surface area contributed by atoms with Gasteiger partial charge in [0.2, 0.25) is 0 Å². The Bertz CT molecular complexity index is 240. The van der Waals surface area contributed by atoms with Crippen LogP contribution in [-0.4, -0.2) is 39.6 Å². The molecule has 4 heteroatoms. The third kappa shape index (κ3) is 1.54. The monoisotopic (exact) mass is 214 g/mol. The first-order chi connectivity index (χ1) is 6.33. The number of likely N-dealkylation sites (tertiary alicyclic amines) is 1. The summed E-state index contributed by atoms with van der Waals surface area (Å²) in [4.78, 5) is 2.41. The molecular weight excluding hydrogens is 200 g/mol. The molecule has 3 rings (SSSR count). The molecule has 2 atom stereocenters. The van der Waals surface area contributed by atoms with E-state index >= 15 is 0 Å². The second kappa shape index (κ2) is 3.02. The van der Waals surface area contributed by atoms with Crippen molar-refractivity contribution in [2.24, 2.45) is 0 Å². The average Bonchev–Trinajstić information content (AvgIpc) is 2.71. The van der Waals surface area contributed by atoms with Crippen molar-refractivity contribution < 1.29 is 0 Å². The molecule has 2 bridgehead atoms. The first-order valence-corrected chi connectivity index (χ1v) is 6.47. The number of rotatable bonds is 1. The Hall–Kier alpha value is 0.0400. The number of nitrogens with one attached hydrogen (secondary N) is 1. The van der Waals surface area contributed by atoms with Crippen LogP contribution < -0.4 is 5.32 Å². The van der Waals surface area contributed by atoms with E-state index in [1.54, 1.807) is 0 Å². The average molecular weight is 214 g/mol. The van der Waals surface area contributed by atoms with Crippen LogP contribution in [0.1, 0.15) is 19.3 Å². The van der Waals surface area contributed by atoms with Crippen LogP contribution in [0.4, 0.5) is 0 Å². The van der Waals surface area contributed by atoms with Crippen LogP contribution in [0, 0.1) is 0 Å². The fourth-order valence-electron chi connectivity index (χ4n) is 2.13. The van der Waals surface area contributed by atoms with Crippen molar-refractivity contribution in [1.29, 1.82) is 0 Å². The van der Waals surface area contributed by atoms with Gasteiger partial charge in [0.15, 0.2) is 5.11 Å². The van der Waals surface area contributed by atoms with Crippen molar-refractivity contribution >= 4 is 29.1 Å². The maximum atomic E-state index is 5.40. The van der Waals surface area contributed by atoms with Gasteiger partial charge in [-0.2, -0.15) is 11.8 Å². The van der Waals surface area contributed by atoms with Crippen LogP contribution in [0.2, 0.25) is 0 Å². The first-order valence-electron chi connectivity index (χ1n) is 5.01. The molecule has 2 heterocycles. The number of hydrogen-bond acceptors (Lipinski definition) is 2. The van der Waals surface area contributed by atoms with E-state index in [2.05, 4.69) is 22.0 Å². The highest BCUT2D eigenvalue weighted by atomic mass is 32.2. The number of thiocarbonyl (C=S) groups is 1. The van der Waals surface area contributed by atoms with Crippen LogP contribution in [0.3, 0.4) is 0 Å². The normalized spacial score (nSPS) is 36.8. The van der Waals surface area contributed by atoms with Gasteiger partial charge < -0.3 is 10.2 Å². The van der Waals surface area contributed by atoms with Crippen LogP contribution in [0.5, 0.6) is 0 Å². The van der Waals surface area contributed by atoms with Crippen molar-refractivity contribution in [3.63, 3.8) is 0 Å². The van der Waals surface area contributed by atoms with Gasteiger partial charge >= 0.3 is 0 Å². The molecule has 1 saturated carbocycles. The second-order valence-electron chi connectivity index (χ2n) is 4.22. The molecule has 0 aromatic heterocycles. The van der Waals surface area contributed by atoms with E-state index in [1.165, 1.54) is 31.6 Å². The second-order valence-corrected chi connectivity index (χ2v) is 5.94. The fraction of sp³-hybridized carbons (Fsp3) is 0.889. The molecule has 0 aromatic rings. The van der Waals surface area contributed by atoms with E-state index in [9.17, 15) is 0 Å². The molecule has 13 heavy (non-hydrogen) atoms. The number of hydrogen-bond donors (Lipinski definition) is 1. The SMILES string of the molecule is S=C(NC1CC1)N1CC2CC1CS2. The Morgan fingerprint density at radius 1 is 1.46 bits per heavy atom. The van der Waals surface area contributed by atoms with Gasteiger partial charge in [0, 0.05) is 29.6 Å². The van der Waals surface area contributed by atoms with E-state index in [4.69, 9.17) is 12.2 Å². The van der Waals surface area contributed by atoms with Crippen LogP contribution >= 0.6 is 24.0 Å². The van der Waals surface area contributed by atoms with E-state index in [0.29, 0.717) is 6.04 Å². The van der Waals surface area contributed by atoms with Crippen molar-refractivity contribution in [3.05, 3.63) is 0 Å². The largest absolute Gasteiger partial charge is 0.360 e. The fourth-order valence-corrected chi connectivity index (χ4v) is 3.96. The summed E-state index contributed by atoms with van der Waals surface area (Å²) >= 11 is 7.52. The van der Waals surface area contributed by atoms with E-state index in [1.807, 2.05) is 0 Å². The first kappa shape index (κ1) is 8.36. The summed E-state index contributed by atoms with van der Waals surface area (Å²) in [6.45, 7) is 1.19. The quantitative estimate of drug-likeness (QED) is 0.660. The predicted molar refractivity (Wildman–Crippen MR) is 60.1 cm³/mol. The lowest BCUT2D eigenvalue weighted by molar-refractivity contribution is 0.409. The van der Waals surface area contributed by atoms with Crippen molar-refractivity contribution in [1.82, 2.24) is 10.2 Å². The molecule has 0 spiro atoms. The van der Waals surface area contributed by atoms with Crippen LogP contribution in [0.25, 0.3) is 0 Å². The van der Waals surface area contributed by atoms with Gasteiger partial charge in [-0.1, -0.05) is 0 Å². The molecule has 72 valence electrons. The van der Waals surface area contributed by atoms with Crippen LogP contribution in [0.15, 0.2) is 0 Å². The molecule has 3 fully saturated rings. The summed E-state index contributed by atoms with van der Waals surface area (Å²) in [7, 11) is 0. The Balaban J connectivity index is 1.61. The molecule has 2 nitrogen and oxygen atoms in total. The molecule has 3 aliphatic rings. The van der Waals surface area contributed by atoms with Gasteiger partial charge in [0.05, 0.1) is 0 Å². The van der Waals surface area contributed by atoms with Gasteiger partial charge in [-0.15, -0.1) is 0 Å². The third-order valence-corrected chi connectivity index (χ3v) is 4.81. The molecule has 1 N–H and O–H groups in total. The highest BCUT2D eigenvalue weighted by molar-refractivity contribution is 8.00. The van der Waals surface area contributed by atoms with E-state index < -0.39 is 0 Å².